The number of piperidine rings is 1. The van der Waals surface area contributed by atoms with Gasteiger partial charge < -0.3 is 10.2 Å². The van der Waals surface area contributed by atoms with Crippen molar-refractivity contribution in [1.82, 2.24) is 15.3 Å². The van der Waals surface area contributed by atoms with Gasteiger partial charge >= 0.3 is 0 Å². The van der Waals surface area contributed by atoms with Crippen molar-refractivity contribution >= 4 is 5.95 Å². The molecule has 88 valence electrons. The Morgan fingerprint density at radius 3 is 2.56 bits per heavy atom. The molecule has 4 nitrogen and oxygen atoms in total. The highest BCUT2D eigenvalue weighted by molar-refractivity contribution is 5.29. The van der Waals surface area contributed by atoms with Crippen LogP contribution in [0.2, 0.25) is 0 Å². The molecular weight excluding hydrogens is 207 g/mol. The molecule has 1 N–H and O–H groups in total. The zero-order chi connectivity index (χ0) is 11.4. The van der Waals surface area contributed by atoms with E-state index in [1.54, 1.807) is 0 Å². The fraction of sp³-hybridized carbons (Fsp3) is 0.636. The van der Waals surface area contributed by atoms with Gasteiger partial charge in [0.15, 0.2) is 5.82 Å². The van der Waals surface area contributed by atoms with Crippen LogP contribution in [0.25, 0.3) is 0 Å². The fourth-order valence-electron chi connectivity index (χ4n) is 2.09. The molecule has 0 radical (unpaired) electrons. The number of halogens is 1. The van der Waals surface area contributed by atoms with Crippen molar-refractivity contribution in [2.24, 2.45) is 5.92 Å². The lowest BCUT2D eigenvalue weighted by molar-refractivity contribution is 0.390. The molecule has 2 heterocycles. The lowest BCUT2D eigenvalue weighted by atomic mass is 9.97. The molecular formula is C11H17FN4. The number of aromatic nitrogens is 2. The molecule has 1 fully saturated rings. The van der Waals surface area contributed by atoms with Crippen molar-refractivity contribution in [3.05, 3.63) is 18.2 Å². The minimum atomic E-state index is -0.381. The predicted octanol–water partition coefficient (Wildman–Crippen LogP) is 1.05. The van der Waals surface area contributed by atoms with Gasteiger partial charge in [0.2, 0.25) is 5.95 Å². The van der Waals surface area contributed by atoms with E-state index in [0.29, 0.717) is 5.95 Å². The lowest BCUT2D eigenvalue weighted by Gasteiger charge is -2.31. The van der Waals surface area contributed by atoms with E-state index in [2.05, 4.69) is 20.2 Å². The highest BCUT2D eigenvalue weighted by Gasteiger charge is 2.20. The van der Waals surface area contributed by atoms with Gasteiger partial charge in [-0.05, 0) is 32.4 Å². The minimum Gasteiger partial charge on any atom is -0.341 e. The molecule has 1 aliphatic heterocycles. The summed E-state index contributed by atoms with van der Waals surface area (Å²) in [6.07, 6.45) is 4.73. The number of rotatable bonds is 3. The number of nitrogens with one attached hydrogen (secondary N) is 1. The molecule has 16 heavy (non-hydrogen) atoms. The van der Waals surface area contributed by atoms with Crippen molar-refractivity contribution in [2.75, 3.05) is 31.6 Å². The lowest BCUT2D eigenvalue weighted by Crippen LogP contribution is -2.37. The number of anilines is 1. The van der Waals surface area contributed by atoms with Crippen LogP contribution in [0.4, 0.5) is 10.3 Å². The molecule has 2 rings (SSSR count). The van der Waals surface area contributed by atoms with Crippen molar-refractivity contribution in [2.45, 2.75) is 12.8 Å². The molecule has 0 amide bonds. The van der Waals surface area contributed by atoms with Crippen LogP contribution >= 0.6 is 0 Å². The molecule has 0 spiro atoms. The molecule has 0 aliphatic carbocycles. The highest BCUT2D eigenvalue weighted by Crippen LogP contribution is 2.19. The van der Waals surface area contributed by atoms with Gasteiger partial charge in [-0.25, -0.2) is 14.4 Å². The van der Waals surface area contributed by atoms with Crippen LogP contribution in [0.15, 0.2) is 12.4 Å². The first-order valence-corrected chi connectivity index (χ1v) is 5.66. The highest BCUT2D eigenvalue weighted by atomic mass is 19.1. The summed E-state index contributed by atoms with van der Waals surface area (Å²) in [5.74, 6) is 1.000. The number of nitrogens with zero attached hydrogens (tertiary/aromatic N) is 3. The molecule has 1 aliphatic rings. The van der Waals surface area contributed by atoms with Crippen LogP contribution in [0, 0.1) is 11.7 Å². The molecule has 1 aromatic rings. The first kappa shape index (κ1) is 11.3. The SMILES string of the molecule is CNCC1CCN(c2ncc(F)cn2)CC1. The third-order valence-corrected chi connectivity index (χ3v) is 3.00. The molecule has 0 unspecified atom stereocenters. The van der Waals surface area contributed by atoms with Gasteiger partial charge in [0.05, 0.1) is 12.4 Å². The maximum absolute atomic E-state index is 12.7. The van der Waals surface area contributed by atoms with E-state index >= 15 is 0 Å². The largest absolute Gasteiger partial charge is 0.341 e. The van der Waals surface area contributed by atoms with Gasteiger partial charge in [0.1, 0.15) is 0 Å². The summed E-state index contributed by atoms with van der Waals surface area (Å²) in [6, 6.07) is 0. The van der Waals surface area contributed by atoms with Gasteiger partial charge in [0.25, 0.3) is 0 Å². The normalized spacial score (nSPS) is 17.8. The summed E-state index contributed by atoms with van der Waals surface area (Å²) >= 11 is 0. The molecule has 0 saturated carbocycles. The Bertz CT molecular complexity index is 319. The van der Waals surface area contributed by atoms with E-state index in [-0.39, 0.29) is 5.82 Å². The van der Waals surface area contributed by atoms with E-state index in [1.807, 2.05) is 7.05 Å². The average molecular weight is 224 g/mol. The Morgan fingerprint density at radius 1 is 1.38 bits per heavy atom. The second-order valence-corrected chi connectivity index (χ2v) is 4.19. The topological polar surface area (TPSA) is 41.0 Å². The summed E-state index contributed by atoms with van der Waals surface area (Å²) in [5, 5.41) is 3.20. The predicted molar refractivity (Wildman–Crippen MR) is 60.9 cm³/mol. The Hall–Kier alpha value is -1.23. The van der Waals surface area contributed by atoms with Gasteiger partial charge in [0, 0.05) is 13.1 Å². The fourth-order valence-corrected chi connectivity index (χ4v) is 2.09. The number of hydrogen-bond donors (Lipinski definition) is 1. The Morgan fingerprint density at radius 2 is 2.00 bits per heavy atom. The average Bonchev–Trinajstić information content (AvgIpc) is 2.32. The molecule has 0 atom stereocenters. The first-order chi connectivity index (χ1) is 7.79. The minimum absolute atomic E-state index is 0.381. The summed E-state index contributed by atoms with van der Waals surface area (Å²) in [7, 11) is 1.98. The van der Waals surface area contributed by atoms with Crippen molar-refractivity contribution in [1.29, 1.82) is 0 Å². The number of hydrogen-bond acceptors (Lipinski definition) is 4. The van der Waals surface area contributed by atoms with Gasteiger partial charge in [-0.3, -0.25) is 0 Å². The van der Waals surface area contributed by atoms with Crippen LogP contribution in [-0.2, 0) is 0 Å². The van der Waals surface area contributed by atoms with Crippen molar-refractivity contribution in [3.8, 4) is 0 Å². The van der Waals surface area contributed by atoms with E-state index in [1.165, 1.54) is 12.4 Å². The maximum atomic E-state index is 12.7. The van der Waals surface area contributed by atoms with Gasteiger partial charge in [-0.2, -0.15) is 0 Å². The zero-order valence-electron chi connectivity index (χ0n) is 9.49. The smallest absolute Gasteiger partial charge is 0.225 e. The van der Waals surface area contributed by atoms with Gasteiger partial charge in [-0.1, -0.05) is 0 Å². The Kier molecular flexibility index (Phi) is 3.66. The van der Waals surface area contributed by atoms with E-state index < -0.39 is 0 Å². The standard InChI is InChI=1S/C11H17FN4/c1-13-6-9-2-4-16(5-3-9)11-14-7-10(12)8-15-11/h7-9,13H,2-6H2,1H3. The summed E-state index contributed by atoms with van der Waals surface area (Å²) in [6.45, 7) is 2.98. The second kappa shape index (κ2) is 5.21. The summed E-state index contributed by atoms with van der Waals surface area (Å²) < 4.78 is 12.7. The van der Waals surface area contributed by atoms with Crippen LogP contribution in [0.3, 0.4) is 0 Å². The van der Waals surface area contributed by atoms with Crippen LogP contribution < -0.4 is 10.2 Å². The molecule has 5 heteroatoms. The second-order valence-electron chi connectivity index (χ2n) is 4.19. The maximum Gasteiger partial charge on any atom is 0.225 e. The quantitative estimate of drug-likeness (QED) is 0.833. The third-order valence-electron chi connectivity index (χ3n) is 3.00. The zero-order valence-corrected chi connectivity index (χ0v) is 9.49. The molecule has 1 saturated heterocycles. The van der Waals surface area contributed by atoms with Crippen molar-refractivity contribution in [3.63, 3.8) is 0 Å². The Labute approximate surface area is 94.9 Å². The monoisotopic (exact) mass is 224 g/mol. The Balaban J connectivity index is 1.91. The van der Waals surface area contributed by atoms with Crippen LogP contribution in [-0.4, -0.2) is 36.6 Å². The first-order valence-electron chi connectivity index (χ1n) is 5.66. The van der Waals surface area contributed by atoms with E-state index in [4.69, 9.17) is 0 Å². The van der Waals surface area contributed by atoms with Gasteiger partial charge in [-0.15, -0.1) is 0 Å². The van der Waals surface area contributed by atoms with Crippen molar-refractivity contribution < 1.29 is 4.39 Å². The third kappa shape index (κ3) is 2.66. The van der Waals surface area contributed by atoms with E-state index in [9.17, 15) is 4.39 Å². The van der Waals surface area contributed by atoms with E-state index in [0.717, 1.165) is 38.4 Å². The molecule has 1 aromatic heterocycles. The van der Waals surface area contributed by atoms with Crippen LogP contribution in [0.1, 0.15) is 12.8 Å². The summed E-state index contributed by atoms with van der Waals surface area (Å²) in [5.41, 5.74) is 0. The summed E-state index contributed by atoms with van der Waals surface area (Å²) in [4.78, 5) is 10.1. The van der Waals surface area contributed by atoms with Crippen LogP contribution in [0.5, 0.6) is 0 Å². The molecule has 0 aromatic carbocycles. The molecule has 0 bridgehead atoms.